The first-order valence-corrected chi connectivity index (χ1v) is 10.8. The van der Waals surface area contributed by atoms with Crippen molar-refractivity contribution in [2.45, 2.75) is 32.1 Å². The molecule has 0 N–H and O–H groups in total. The van der Waals surface area contributed by atoms with Gasteiger partial charge < -0.3 is 9.80 Å². The molecule has 2 amide bonds. The van der Waals surface area contributed by atoms with Crippen LogP contribution in [-0.4, -0.2) is 57.4 Å². The highest BCUT2D eigenvalue weighted by Gasteiger charge is 2.46. The zero-order chi connectivity index (χ0) is 18.1. The van der Waals surface area contributed by atoms with Gasteiger partial charge in [-0.1, -0.05) is 23.9 Å². The molecule has 1 aliphatic heterocycles. The molecule has 6 nitrogen and oxygen atoms in total. The smallest absolute Gasteiger partial charge is 0.267 e. The zero-order valence-corrected chi connectivity index (χ0v) is 16.4. The van der Waals surface area contributed by atoms with Gasteiger partial charge in [0, 0.05) is 42.9 Å². The second-order valence-corrected chi connectivity index (χ2v) is 8.61. The maximum Gasteiger partial charge on any atom is 0.267 e. The van der Waals surface area contributed by atoms with Crippen LogP contribution in [-0.2, 0) is 11.2 Å². The number of thiophene rings is 1. The van der Waals surface area contributed by atoms with Crippen LogP contribution in [0.1, 0.15) is 45.9 Å². The molecule has 2 aromatic rings. The van der Waals surface area contributed by atoms with Crippen molar-refractivity contribution in [1.29, 1.82) is 0 Å². The van der Waals surface area contributed by atoms with E-state index in [-0.39, 0.29) is 17.7 Å². The van der Waals surface area contributed by atoms with Crippen LogP contribution in [0.3, 0.4) is 0 Å². The number of rotatable bonds is 5. The molecule has 2 unspecified atom stereocenters. The van der Waals surface area contributed by atoms with Crippen molar-refractivity contribution in [3.05, 3.63) is 33.0 Å². The standard InChI is InChI=1S/C18H22N4O2S2/c1-2-4-14-16(26-20-19-14)18(24)22-8-6-21(7-9-22)17(23)13-11-12(13)15-5-3-10-25-15/h3,5,10,12-13H,2,4,6-9,11H2,1H3. The molecular weight excluding hydrogens is 368 g/mol. The van der Waals surface area contributed by atoms with Crippen molar-refractivity contribution in [3.8, 4) is 0 Å². The summed E-state index contributed by atoms with van der Waals surface area (Å²) in [6.45, 7) is 4.48. The van der Waals surface area contributed by atoms with Crippen molar-refractivity contribution in [3.63, 3.8) is 0 Å². The van der Waals surface area contributed by atoms with Gasteiger partial charge >= 0.3 is 0 Å². The molecule has 1 saturated carbocycles. The number of carbonyl (C=O) groups is 2. The number of hydrogen-bond donors (Lipinski definition) is 0. The summed E-state index contributed by atoms with van der Waals surface area (Å²) in [6.07, 6.45) is 2.69. The van der Waals surface area contributed by atoms with Crippen LogP contribution < -0.4 is 0 Å². The molecule has 1 saturated heterocycles. The van der Waals surface area contributed by atoms with Crippen LogP contribution in [0.15, 0.2) is 17.5 Å². The summed E-state index contributed by atoms with van der Waals surface area (Å²) in [5.74, 6) is 0.805. The Bertz CT molecular complexity index is 781. The molecule has 0 radical (unpaired) electrons. The fourth-order valence-electron chi connectivity index (χ4n) is 3.56. The highest BCUT2D eigenvalue weighted by molar-refractivity contribution is 7.10. The second-order valence-electron chi connectivity index (χ2n) is 6.88. The predicted molar refractivity (Wildman–Crippen MR) is 102 cm³/mol. The number of piperazine rings is 1. The summed E-state index contributed by atoms with van der Waals surface area (Å²) in [5.41, 5.74) is 0.803. The van der Waals surface area contributed by atoms with Crippen LogP contribution >= 0.6 is 22.9 Å². The van der Waals surface area contributed by atoms with E-state index < -0.39 is 0 Å². The molecule has 8 heteroatoms. The molecule has 0 aromatic carbocycles. The molecule has 2 aliphatic rings. The van der Waals surface area contributed by atoms with Gasteiger partial charge in [0.25, 0.3) is 5.91 Å². The van der Waals surface area contributed by atoms with Gasteiger partial charge in [-0.2, -0.15) is 0 Å². The largest absolute Gasteiger partial charge is 0.339 e. The molecule has 3 heterocycles. The van der Waals surface area contributed by atoms with Gasteiger partial charge in [0.15, 0.2) is 0 Å². The Balaban J connectivity index is 1.32. The van der Waals surface area contributed by atoms with E-state index in [1.54, 1.807) is 11.3 Å². The van der Waals surface area contributed by atoms with Gasteiger partial charge in [0.05, 0.1) is 5.69 Å². The van der Waals surface area contributed by atoms with Gasteiger partial charge in [-0.05, 0) is 35.8 Å². The quantitative estimate of drug-likeness (QED) is 0.787. The average molecular weight is 391 g/mol. The van der Waals surface area contributed by atoms with Crippen LogP contribution in [0, 0.1) is 5.92 Å². The van der Waals surface area contributed by atoms with Gasteiger partial charge in [0.2, 0.25) is 5.91 Å². The number of amides is 2. The molecule has 0 spiro atoms. The Morgan fingerprint density at radius 1 is 1.23 bits per heavy atom. The molecule has 0 bridgehead atoms. The van der Waals surface area contributed by atoms with Crippen molar-refractivity contribution < 1.29 is 9.59 Å². The van der Waals surface area contributed by atoms with Crippen molar-refractivity contribution in [2.24, 2.45) is 5.92 Å². The Morgan fingerprint density at radius 2 is 2.00 bits per heavy atom. The van der Waals surface area contributed by atoms with Crippen LogP contribution in [0.25, 0.3) is 0 Å². The Kier molecular flexibility index (Phi) is 5.04. The lowest BCUT2D eigenvalue weighted by molar-refractivity contribution is -0.134. The predicted octanol–water partition coefficient (Wildman–Crippen LogP) is 2.64. The van der Waals surface area contributed by atoms with Crippen LogP contribution in [0.4, 0.5) is 0 Å². The zero-order valence-electron chi connectivity index (χ0n) is 14.8. The van der Waals surface area contributed by atoms with E-state index in [9.17, 15) is 9.59 Å². The Hall–Kier alpha value is -1.80. The van der Waals surface area contributed by atoms with Crippen molar-refractivity contribution in [2.75, 3.05) is 26.2 Å². The first-order valence-electron chi connectivity index (χ1n) is 9.11. The molecule has 2 fully saturated rings. The summed E-state index contributed by atoms with van der Waals surface area (Å²) in [6, 6.07) is 4.17. The van der Waals surface area contributed by atoms with E-state index in [4.69, 9.17) is 0 Å². The highest BCUT2D eigenvalue weighted by atomic mass is 32.1. The van der Waals surface area contributed by atoms with Crippen LogP contribution in [0.2, 0.25) is 0 Å². The topological polar surface area (TPSA) is 66.4 Å². The Morgan fingerprint density at radius 3 is 2.69 bits per heavy atom. The normalized spacial score (nSPS) is 22.5. The maximum atomic E-state index is 12.7. The summed E-state index contributed by atoms with van der Waals surface area (Å²) in [7, 11) is 0. The monoisotopic (exact) mass is 390 g/mol. The lowest BCUT2D eigenvalue weighted by atomic mass is 10.2. The van der Waals surface area contributed by atoms with E-state index in [0.29, 0.717) is 37.0 Å². The highest BCUT2D eigenvalue weighted by Crippen LogP contribution is 2.50. The number of hydrogen-bond acceptors (Lipinski definition) is 6. The van der Waals surface area contributed by atoms with Gasteiger partial charge in [-0.25, -0.2) is 0 Å². The van der Waals surface area contributed by atoms with E-state index in [1.807, 2.05) is 15.9 Å². The third kappa shape index (κ3) is 3.40. The van der Waals surface area contributed by atoms with Crippen molar-refractivity contribution >= 4 is 34.7 Å². The molecule has 2 aromatic heterocycles. The lowest BCUT2D eigenvalue weighted by Crippen LogP contribution is -2.51. The number of nitrogens with zero attached hydrogens (tertiary/aromatic N) is 4. The summed E-state index contributed by atoms with van der Waals surface area (Å²) in [4.78, 5) is 31.2. The first-order chi connectivity index (χ1) is 12.7. The number of aromatic nitrogens is 2. The van der Waals surface area contributed by atoms with Crippen LogP contribution in [0.5, 0.6) is 0 Å². The molecule has 2 atom stereocenters. The minimum absolute atomic E-state index is 0.0124. The maximum absolute atomic E-state index is 12.7. The fourth-order valence-corrected chi connectivity index (χ4v) is 5.15. The Labute approximate surface area is 161 Å². The van der Waals surface area contributed by atoms with Gasteiger partial charge in [-0.15, -0.1) is 16.4 Å². The van der Waals surface area contributed by atoms with E-state index >= 15 is 0 Å². The minimum Gasteiger partial charge on any atom is -0.339 e. The molecule has 26 heavy (non-hydrogen) atoms. The third-order valence-corrected chi connectivity index (χ3v) is 6.89. The van der Waals surface area contributed by atoms with E-state index in [1.165, 1.54) is 16.4 Å². The van der Waals surface area contributed by atoms with Crippen molar-refractivity contribution in [1.82, 2.24) is 19.4 Å². The third-order valence-electron chi connectivity index (χ3n) is 5.13. The first kappa shape index (κ1) is 17.6. The molecule has 1 aliphatic carbocycles. The van der Waals surface area contributed by atoms with E-state index in [0.717, 1.165) is 25.0 Å². The molecule has 138 valence electrons. The molecular formula is C18H22N4O2S2. The lowest BCUT2D eigenvalue weighted by Gasteiger charge is -2.34. The fraction of sp³-hybridized carbons (Fsp3) is 0.556. The summed E-state index contributed by atoms with van der Waals surface area (Å²) < 4.78 is 3.94. The van der Waals surface area contributed by atoms with Gasteiger partial charge in [0.1, 0.15) is 4.88 Å². The minimum atomic E-state index is 0.0124. The second kappa shape index (κ2) is 7.44. The number of carbonyl (C=O) groups excluding carboxylic acids is 2. The average Bonchev–Trinajstić information content (AvgIpc) is 3.07. The van der Waals surface area contributed by atoms with Gasteiger partial charge in [-0.3, -0.25) is 9.59 Å². The summed E-state index contributed by atoms with van der Waals surface area (Å²) >= 11 is 2.92. The number of aryl methyl sites for hydroxylation is 1. The molecule has 4 rings (SSSR count). The van der Waals surface area contributed by atoms with E-state index in [2.05, 4.69) is 28.0 Å². The SMILES string of the molecule is CCCc1nnsc1C(=O)N1CCN(C(=O)C2CC2c2cccs2)CC1. The summed E-state index contributed by atoms with van der Waals surface area (Å²) in [5, 5.41) is 6.16.